The van der Waals surface area contributed by atoms with E-state index in [0.29, 0.717) is 58.7 Å². The lowest BCUT2D eigenvalue weighted by Gasteiger charge is -2.33. The molecule has 2 aliphatic heterocycles. The second-order valence-corrected chi connectivity index (χ2v) is 10.3. The van der Waals surface area contributed by atoms with Crippen LogP contribution in [0.4, 0.5) is 11.4 Å². The highest BCUT2D eigenvalue weighted by Gasteiger charge is 2.35. The number of amides is 3. The molecule has 200 valence electrons. The first-order valence-electron chi connectivity index (χ1n) is 12.9. The highest BCUT2D eigenvalue weighted by Crippen LogP contribution is 2.37. The number of halogens is 1. The van der Waals surface area contributed by atoms with Gasteiger partial charge in [-0.25, -0.2) is 9.69 Å². The van der Waals surface area contributed by atoms with Gasteiger partial charge < -0.3 is 15.3 Å². The van der Waals surface area contributed by atoms with Gasteiger partial charge in [0, 0.05) is 57.3 Å². The largest absolute Gasteiger partial charge is 0.478 e. The molecule has 0 radical (unpaired) electrons. The van der Waals surface area contributed by atoms with E-state index in [9.17, 15) is 19.2 Å². The zero-order chi connectivity index (χ0) is 28.0. The van der Waals surface area contributed by atoms with E-state index < -0.39 is 17.8 Å². The number of nitrogens with one attached hydrogen (secondary N) is 1. The average molecular weight is 554 g/mol. The lowest BCUT2D eigenvalue weighted by molar-refractivity contribution is 0.0690. The van der Waals surface area contributed by atoms with Gasteiger partial charge in [-0.15, -0.1) is 0 Å². The van der Waals surface area contributed by atoms with Gasteiger partial charge >= 0.3 is 5.97 Å². The topological polar surface area (TPSA) is 107 Å². The van der Waals surface area contributed by atoms with E-state index in [0.717, 1.165) is 16.0 Å². The van der Waals surface area contributed by atoms with E-state index in [4.69, 9.17) is 16.7 Å². The lowest BCUT2D eigenvalue weighted by Crippen LogP contribution is -2.42. The molecule has 1 saturated heterocycles. The molecular weight excluding hydrogens is 530 g/mol. The number of carbonyl (C=O) groups is 4. The molecule has 6 rings (SSSR count). The number of benzene rings is 4. The second kappa shape index (κ2) is 10.1. The Kier molecular flexibility index (Phi) is 6.48. The summed E-state index contributed by atoms with van der Waals surface area (Å²) >= 11 is 6.13. The third-order valence-electron chi connectivity index (χ3n) is 7.49. The number of carboxylic acids is 1. The number of piperidine rings is 1. The summed E-state index contributed by atoms with van der Waals surface area (Å²) in [5.74, 6) is -1.95. The molecule has 0 saturated carbocycles. The molecule has 9 heteroatoms. The third-order valence-corrected chi connectivity index (χ3v) is 7.73. The predicted molar refractivity (Wildman–Crippen MR) is 152 cm³/mol. The summed E-state index contributed by atoms with van der Waals surface area (Å²) < 4.78 is 0. The predicted octanol–water partition coefficient (Wildman–Crippen LogP) is 5.71. The lowest BCUT2D eigenvalue weighted by atomic mass is 9.92. The summed E-state index contributed by atoms with van der Waals surface area (Å²) in [5, 5.41) is 14.5. The summed E-state index contributed by atoms with van der Waals surface area (Å²) in [6, 6.07) is 21.8. The minimum atomic E-state index is -1.03. The van der Waals surface area contributed by atoms with Crippen molar-refractivity contribution in [2.24, 2.45) is 0 Å². The summed E-state index contributed by atoms with van der Waals surface area (Å²) in [6.45, 7) is 1.09. The van der Waals surface area contributed by atoms with E-state index in [2.05, 4.69) is 5.32 Å². The van der Waals surface area contributed by atoms with Crippen molar-refractivity contribution in [2.75, 3.05) is 23.3 Å². The van der Waals surface area contributed by atoms with Gasteiger partial charge in [-0.1, -0.05) is 29.8 Å². The van der Waals surface area contributed by atoms with Crippen LogP contribution in [0.2, 0.25) is 5.02 Å². The second-order valence-electron chi connectivity index (χ2n) is 9.91. The van der Waals surface area contributed by atoms with Crippen LogP contribution in [0.3, 0.4) is 0 Å². The maximum absolute atomic E-state index is 13.5. The van der Waals surface area contributed by atoms with Gasteiger partial charge in [-0.2, -0.15) is 0 Å². The van der Waals surface area contributed by atoms with E-state index in [1.54, 1.807) is 53.4 Å². The van der Waals surface area contributed by atoms with Crippen LogP contribution in [-0.2, 0) is 0 Å². The minimum absolute atomic E-state index is 0.0912. The molecule has 2 N–H and O–H groups in total. The first kappa shape index (κ1) is 25.6. The smallest absolute Gasteiger partial charge is 0.335 e. The maximum atomic E-state index is 13.5. The Morgan fingerprint density at radius 2 is 1.48 bits per heavy atom. The highest BCUT2D eigenvalue weighted by atomic mass is 35.5. The number of nitrogens with zero attached hydrogens (tertiary/aromatic N) is 2. The van der Waals surface area contributed by atoms with Crippen LogP contribution in [0, 0.1) is 0 Å². The van der Waals surface area contributed by atoms with Crippen molar-refractivity contribution in [3.63, 3.8) is 0 Å². The first-order valence-corrected chi connectivity index (χ1v) is 13.3. The van der Waals surface area contributed by atoms with Crippen LogP contribution in [0.15, 0.2) is 78.9 Å². The third kappa shape index (κ3) is 4.46. The van der Waals surface area contributed by atoms with E-state index in [1.807, 2.05) is 18.2 Å². The van der Waals surface area contributed by atoms with Gasteiger partial charge in [-0.3, -0.25) is 14.4 Å². The Morgan fingerprint density at radius 3 is 2.15 bits per heavy atom. The molecule has 4 aromatic carbocycles. The van der Waals surface area contributed by atoms with Crippen molar-refractivity contribution in [1.29, 1.82) is 0 Å². The van der Waals surface area contributed by atoms with Crippen molar-refractivity contribution >= 4 is 57.4 Å². The van der Waals surface area contributed by atoms with Crippen LogP contribution in [0.5, 0.6) is 0 Å². The van der Waals surface area contributed by atoms with Gasteiger partial charge in [0.2, 0.25) is 0 Å². The normalized spacial score (nSPS) is 15.4. The summed E-state index contributed by atoms with van der Waals surface area (Å²) in [7, 11) is 0. The zero-order valence-electron chi connectivity index (χ0n) is 21.3. The Bertz CT molecular complexity index is 1670. The molecule has 3 amide bonds. The van der Waals surface area contributed by atoms with Crippen molar-refractivity contribution in [1.82, 2.24) is 4.90 Å². The Morgan fingerprint density at radius 1 is 0.825 bits per heavy atom. The standard InChI is InChI=1S/C31H24ClN3O5/c32-20-3-1-4-22(17-20)35-29(37)24-6-2-5-23-26(12-11-25(27(23)24)30(35)38)33-21-13-15-34(16-14-21)28(36)18-7-9-19(10-8-18)31(39)40/h1-12,17,21,33H,13-16H2,(H,39,40). The summed E-state index contributed by atoms with van der Waals surface area (Å²) in [6.07, 6.45) is 1.42. The molecule has 2 aliphatic rings. The fourth-order valence-corrected chi connectivity index (χ4v) is 5.64. The van der Waals surface area contributed by atoms with Gasteiger partial charge in [0.25, 0.3) is 17.7 Å². The molecule has 2 heterocycles. The van der Waals surface area contributed by atoms with E-state index in [-0.39, 0.29) is 17.5 Å². The molecule has 0 atom stereocenters. The molecular formula is C31H24ClN3O5. The average Bonchev–Trinajstić information content (AvgIpc) is 2.96. The van der Waals surface area contributed by atoms with Gasteiger partial charge in [0.1, 0.15) is 0 Å². The van der Waals surface area contributed by atoms with Crippen LogP contribution < -0.4 is 10.2 Å². The minimum Gasteiger partial charge on any atom is -0.478 e. The molecule has 0 spiro atoms. The first-order chi connectivity index (χ1) is 19.3. The highest BCUT2D eigenvalue weighted by molar-refractivity contribution is 6.37. The number of carbonyl (C=O) groups excluding carboxylic acids is 3. The van der Waals surface area contributed by atoms with Crippen molar-refractivity contribution in [3.05, 3.63) is 106 Å². The number of rotatable bonds is 5. The molecule has 1 fully saturated rings. The monoisotopic (exact) mass is 553 g/mol. The Labute approximate surface area is 234 Å². The van der Waals surface area contributed by atoms with Crippen molar-refractivity contribution < 1.29 is 24.3 Å². The molecule has 40 heavy (non-hydrogen) atoms. The number of hydrogen-bond acceptors (Lipinski definition) is 5. The quantitative estimate of drug-likeness (QED) is 0.307. The number of hydrogen-bond donors (Lipinski definition) is 2. The molecule has 4 aromatic rings. The van der Waals surface area contributed by atoms with Crippen LogP contribution >= 0.6 is 11.6 Å². The van der Waals surface area contributed by atoms with Crippen molar-refractivity contribution in [2.45, 2.75) is 18.9 Å². The van der Waals surface area contributed by atoms with Crippen LogP contribution in [0.1, 0.15) is 54.3 Å². The number of aromatic carboxylic acids is 1. The molecule has 0 aromatic heterocycles. The summed E-state index contributed by atoms with van der Waals surface area (Å²) in [5.41, 5.74) is 2.75. The van der Waals surface area contributed by atoms with Gasteiger partial charge in [0.15, 0.2) is 0 Å². The van der Waals surface area contributed by atoms with Crippen LogP contribution in [-0.4, -0.2) is 52.8 Å². The van der Waals surface area contributed by atoms with Gasteiger partial charge in [0.05, 0.1) is 11.3 Å². The maximum Gasteiger partial charge on any atom is 0.335 e. The van der Waals surface area contributed by atoms with E-state index in [1.165, 1.54) is 12.1 Å². The Balaban J connectivity index is 1.20. The number of carboxylic acid groups (broad SMARTS) is 1. The molecule has 0 aliphatic carbocycles. The Hall–Kier alpha value is -4.69. The number of likely N-dealkylation sites (tertiary alicyclic amines) is 1. The number of imide groups is 1. The molecule has 0 bridgehead atoms. The van der Waals surface area contributed by atoms with Crippen LogP contribution in [0.25, 0.3) is 10.8 Å². The van der Waals surface area contributed by atoms with E-state index >= 15 is 0 Å². The fourth-order valence-electron chi connectivity index (χ4n) is 5.46. The molecule has 0 unspecified atom stereocenters. The molecule has 8 nitrogen and oxygen atoms in total. The zero-order valence-corrected chi connectivity index (χ0v) is 22.0. The fraction of sp³-hybridized carbons (Fsp3) is 0.161. The SMILES string of the molecule is O=C(O)c1ccc(C(=O)N2CCC(Nc3ccc4c5c(cccc35)C(=O)N(c3cccc(Cl)c3)C4=O)CC2)cc1. The number of anilines is 2. The van der Waals surface area contributed by atoms with Crippen molar-refractivity contribution in [3.8, 4) is 0 Å². The van der Waals surface area contributed by atoms with Gasteiger partial charge in [-0.05, 0) is 73.5 Å². The summed E-state index contributed by atoms with van der Waals surface area (Å²) in [4.78, 5) is 53.9.